The molecule has 0 saturated carbocycles. The van der Waals surface area contributed by atoms with Gasteiger partial charge in [-0.3, -0.25) is 9.89 Å². The first-order chi connectivity index (χ1) is 9.97. The number of halogens is 2. The fraction of sp³-hybridized carbons (Fsp3) is 0.0833. The van der Waals surface area contributed by atoms with Crippen molar-refractivity contribution in [3.8, 4) is 0 Å². The van der Waals surface area contributed by atoms with Crippen molar-refractivity contribution >= 4 is 29.5 Å². The standard InChI is InChI=1S/C12H9F2N3O3S/c13-12(14)21-8-4-2-1-3-6(8)10(18)15-9-5-7(11(19)20)16-17-9/h1-5,12H,(H,19,20)(H2,15,16,17,18). The van der Waals surface area contributed by atoms with Gasteiger partial charge in [-0.2, -0.15) is 13.9 Å². The number of hydrogen-bond acceptors (Lipinski definition) is 4. The van der Waals surface area contributed by atoms with Crippen LogP contribution in [-0.2, 0) is 0 Å². The number of carbonyl (C=O) groups excluding carboxylic acids is 1. The fourth-order valence-electron chi connectivity index (χ4n) is 1.53. The highest BCUT2D eigenvalue weighted by Crippen LogP contribution is 2.28. The fourth-order valence-corrected chi connectivity index (χ4v) is 2.17. The Morgan fingerprint density at radius 2 is 2.05 bits per heavy atom. The monoisotopic (exact) mass is 313 g/mol. The van der Waals surface area contributed by atoms with E-state index in [0.29, 0.717) is 0 Å². The number of amides is 1. The van der Waals surface area contributed by atoms with E-state index in [9.17, 15) is 18.4 Å². The minimum atomic E-state index is -2.65. The number of nitrogens with zero attached hydrogens (tertiary/aromatic N) is 1. The third-order valence-corrected chi connectivity index (χ3v) is 3.19. The molecule has 0 spiro atoms. The van der Waals surface area contributed by atoms with Crippen LogP contribution in [0.1, 0.15) is 20.8 Å². The Labute approximate surface area is 121 Å². The lowest BCUT2D eigenvalue weighted by Crippen LogP contribution is -2.13. The number of aromatic amines is 1. The summed E-state index contributed by atoms with van der Waals surface area (Å²) >= 11 is 0.258. The first kappa shape index (κ1) is 15.0. The van der Waals surface area contributed by atoms with Gasteiger partial charge in [-0.05, 0) is 12.1 Å². The summed E-state index contributed by atoms with van der Waals surface area (Å²) < 4.78 is 24.9. The molecule has 2 aromatic rings. The molecule has 0 aliphatic rings. The van der Waals surface area contributed by atoms with Crippen LogP contribution in [0, 0.1) is 0 Å². The number of carboxylic acids is 1. The molecule has 0 aliphatic carbocycles. The van der Waals surface area contributed by atoms with Gasteiger partial charge < -0.3 is 10.4 Å². The minimum absolute atomic E-state index is 0.00532. The third kappa shape index (κ3) is 3.78. The molecule has 110 valence electrons. The second kappa shape index (κ2) is 6.35. The van der Waals surface area contributed by atoms with E-state index < -0.39 is 17.6 Å². The van der Waals surface area contributed by atoms with Crippen LogP contribution < -0.4 is 5.32 Å². The molecule has 1 aromatic carbocycles. The van der Waals surface area contributed by atoms with Crippen LogP contribution in [0.5, 0.6) is 0 Å². The number of thioether (sulfide) groups is 1. The summed E-state index contributed by atoms with van der Waals surface area (Å²) in [7, 11) is 0. The van der Waals surface area contributed by atoms with Crippen molar-refractivity contribution in [1.82, 2.24) is 10.2 Å². The second-order valence-electron chi connectivity index (χ2n) is 3.80. The summed E-state index contributed by atoms with van der Waals surface area (Å²) in [6.07, 6.45) is 0. The lowest BCUT2D eigenvalue weighted by Gasteiger charge is -2.07. The quantitative estimate of drug-likeness (QED) is 0.738. The Morgan fingerprint density at radius 1 is 1.33 bits per heavy atom. The van der Waals surface area contributed by atoms with Gasteiger partial charge in [0.2, 0.25) is 0 Å². The largest absolute Gasteiger partial charge is 0.477 e. The van der Waals surface area contributed by atoms with E-state index in [4.69, 9.17) is 5.11 Å². The molecule has 0 aliphatic heterocycles. The second-order valence-corrected chi connectivity index (χ2v) is 4.83. The smallest absolute Gasteiger partial charge is 0.353 e. The van der Waals surface area contributed by atoms with Crippen LogP contribution in [0.2, 0.25) is 0 Å². The molecule has 0 bridgehead atoms. The highest BCUT2D eigenvalue weighted by molar-refractivity contribution is 7.99. The zero-order valence-corrected chi connectivity index (χ0v) is 11.2. The van der Waals surface area contributed by atoms with Crippen LogP contribution in [0.4, 0.5) is 14.6 Å². The van der Waals surface area contributed by atoms with Gasteiger partial charge in [-0.1, -0.05) is 23.9 Å². The Morgan fingerprint density at radius 3 is 2.67 bits per heavy atom. The maximum Gasteiger partial charge on any atom is 0.353 e. The van der Waals surface area contributed by atoms with Crippen LogP contribution in [0.25, 0.3) is 0 Å². The molecule has 0 fully saturated rings. The van der Waals surface area contributed by atoms with E-state index in [2.05, 4.69) is 15.5 Å². The van der Waals surface area contributed by atoms with Gasteiger partial charge in [-0.25, -0.2) is 4.79 Å². The normalized spacial score (nSPS) is 10.6. The predicted octanol–water partition coefficient (Wildman–Crippen LogP) is 2.67. The summed E-state index contributed by atoms with van der Waals surface area (Å²) in [6.45, 7) is 0. The molecule has 0 saturated heterocycles. The van der Waals surface area contributed by atoms with Crippen molar-refractivity contribution in [2.75, 3.05) is 5.32 Å². The molecule has 2 rings (SSSR count). The van der Waals surface area contributed by atoms with E-state index in [1.165, 1.54) is 18.2 Å². The highest BCUT2D eigenvalue weighted by atomic mass is 32.2. The molecule has 0 unspecified atom stereocenters. The first-order valence-corrected chi connectivity index (χ1v) is 6.49. The summed E-state index contributed by atoms with van der Waals surface area (Å²) in [4.78, 5) is 22.8. The van der Waals surface area contributed by atoms with Gasteiger partial charge in [0.15, 0.2) is 5.82 Å². The van der Waals surface area contributed by atoms with E-state index in [1.807, 2.05) is 0 Å². The summed E-state index contributed by atoms with van der Waals surface area (Å²) in [5.74, 6) is -4.53. The molecule has 1 aromatic heterocycles. The number of nitrogens with one attached hydrogen (secondary N) is 2. The number of rotatable bonds is 5. The molecule has 1 amide bonds. The Balaban J connectivity index is 2.18. The third-order valence-electron chi connectivity index (χ3n) is 2.40. The number of anilines is 1. The van der Waals surface area contributed by atoms with Crippen molar-refractivity contribution in [2.24, 2.45) is 0 Å². The molecule has 0 radical (unpaired) electrons. The molecule has 1 heterocycles. The van der Waals surface area contributed by atoms with Crippen molar-refractivity contribution in [3.05, 3.63) is 41.6 Å². The Bertz CT molecular complexity index is 675. The maximum atomic E-state index is 12.4. The zero-order chi connectivity index (χ0) is 15.4. The van der Waals surface area contributed by atoms with E-state index in [1.54, 1.807) is 6.07 Å². The Hall–Kier alpha value is -2.42. The summed E-state index contributed by atoms with van der Waals surface area (Å²) in [5, 5.41) is 16.9. The van der Waals surface area contributed by atoms with Crippen molar-refractivity contribution in [2.45, 2.75) is 10.7 Å². The first-order valence-electron chi connectivity index (χ1n) is 5.61. The van der Waals surface area contributed by atoms with Gasteiger partial charge in [0.1, 0.15) is 5.69 Å². The average molecular weight is 313 g/mol. The highest BCUT2D eigenvalue weighted by Gasteiger charge is 2.16. The molecule has 6 nitrogen and oxygen atoms in total. The molecular weight excluding hydrogens is 304 g/mol. The Kier molecular flexibility index (Phi) is 4.53. The topological polar surface area (TPSA) is 95.1 Å². The van der Waals surface area contributed by atoms with E-state index in [0.717, 1.165) is 6.07 Å². The predicted molar refractivity (Wildman–Crippen MR) is 71.8 cm³/mol. The number of carboxylic acid groups (broad SMARTS) is 1. The average Bonchev–Trinajstić information content (AvgIpc) is 2.87. The summed E-state index contributed by atoms with van der Waals surface area (Å²) in [5.41, 5.74) is -0.136. The molecule has 0 atom stereocenters. The zero-order valence-electron chi connectivity index (χ0n) is 10.3. The van der Waals surface area contributed by atoms with Crippen LogP contribution in [0.3, 0.4) is 0 Å². The van der Waals surface area contributed by atoms with Gasteiger partial charge in [0.25, 0.3) is 11.7 Å². The number of aromatic carboxylic acids is 1. The van der Waals surface area contributed by atoms with Crippen molar-refractivity contribution in [3.63, 3.8) is 0 Å². The summed E-state index contributed by atoms with van der Waals surface area (Å²) in [6, 6.07) is 7.00. The van der Waals surface area contributed by atoms with E-state index in [-0.39, 0.29) is 33.7 Å². The van der Waals surface area contributed by atoms with Gasteiger partial charge in [0.05, 0.1) is 5.56 Å². The van der Waals surface area contributed by atoms with Gasteiger partial charge in [-0.15, -0.1) is 0 Å². The van der Waals surface area contributed by atoms with Crippen molar-refractivity contribution in [1.29, 1.82) is 0 Å². The number of alkyl halides is 2. The number of carbonyl (C=O) groups is 2. The number of benzene rings is 1. The van der Waals surface area contributed by atoms with E-state index >= 15 is 0 Å². The van der Waals surface area contributed by atoms with Crippen LogP contribution >= 0.6 is 11.8 Å². The van der Waals surface area contributed by atoms with Crippen LogP contribution in [0.15, 0.2) is 35.2 Å². The number of H-pyrrole nitrogens is 1. The number of hydrogen-bond donors (Lipinski definition) is 3. The molecular formula is C12H9F2N3O3S. The molecule has 9 heteroatoms. The minimum Gasteiger partial charge on any atom is -0.477 e. The SMILES string of the molecule is O=C(O)c1cc(NC(=O)c2ccccc2SC(F)F)n[nH]1. The molecule has 21 heavy (non-hydrogen) atoms. The van der Waals surface area contributed by atoms with Gasteiger partial charge in [0, 0.05) is 11.0 Å². The lowest BCUT2D eigenvalue weighted by molar-refractivity contribution is 0.0690. The maximum absolute atomic E-state index is 12.4. The molecule has 3 N–H and O–H groups in total. The van der Waals surface area contributed by atoms with Crippen molar-refractivity contribution < 1.29 is 23.5 Å². The number of aromatic nitrogens is 2. The van der Waals surface area contributed by atoms with Gasteiger partial charge >= 0.3 is 5.97 Å². The van der Waals surface area contributed by atoms with Crippen LogP contribution in [-0.4, -0.2) is 32.9 Å². The lowest BCUT2D eigenvalue weighted by atomic mass is 10.2.